The lowest BCUT2D eigenvalue weighted by Crippen LogP contribution is -2.45. The van der Waals surface area contributed by atoms with Crippen LogP contribution in [0.25, 0.3) is 0 Å². The fourth-order valence-electron chi connectivity index (χ4n) is 3.20. The summed E-state index contributed by atoms with van der Waals surface area (Å²) in [6.45, 7) is 8.77. The lowest BCUT2D eigenvalue weighted by molar-refractivity contribution is -0.0476. The second-order valence-corrected chi connectivity index (χ2v) is 11.6. The van der Waals surface area contributed by atoms with Crippen molar-refractivity contribution in [1.82, 2.24) is 9.03 Å². The maximum atomic E-state index is 11.5. The number of hydrogen-bond acceptors (Lipinski definition) is 5. The predicted molar refractivity (Wildman–Crippen MR) is 111 cm³/mol. The van der Waals surface area contributed by atoms with E-state index in [2.05, 4.69) is 18.7 Å². The molecule has 32 heavy (non-hydrogen) atoms. The maximum absolute atomic E-state index is 11.5. The molecule has 1 N–H and O–H groups in total. The predicted octanol–water partition coefficient (Wildman–Crippen LogP) is 5.13. The zero-order valence-electron chi connectivity index (χ0n) is 18.4. The lowest BCUT2D eigenvalue weighted by atomic mass is 10.00. The Labute approximate surface area is 187 Å². The highest BCUT2D eigenvalue weighted by molar-refractivity contribution is 8.05. The van der Waals surface area contributed by atoms with Crippen LogP contribution >= 0.6 is 0 Å². The SMILES string of the molecule is CCCCCCCCCCN1CCCC(C)C1.O=S(=O)(NS(=O)(=O)C(F)(F)F)C(F)(F)F. The molecule has 0 saturated carbocycles. The molecule has 1 unspecified atom stereocenters. The quantitative estimate of drug-likeness (QED) is 0.302. The number of alkyl halides is 6. The smallest absolute Gasteiger partial charge is 0.303 e. The molecule has 0 amide bonds. The van der Waals surface area contributed by atoms with Crippen LogP contribution in [0.15, 0.2) is 0 Å². The second kappa shape index (κ2) is 14.0. The van der Waals surface area contributed by atoms with Crippen molar-refractivity contribution in [3.63, 3.8) is 0 Å². The van der Waals surface area contributed by atoms with Crippen LogP contribution in [-0.2, 0) is 20.0 Å². The highest BCUT2D eigenvalue weighted by Gasteiger charge is 2.55. The Balaban J connectivity index is 0.000000607. The normalized spacial score (nSPS) is 18.8. The summed E-state index contributed by atoms with van der Waals surface area (Å²) in [6.07, 6.45) is 14.4. The van der Waals surface area contributed by atoms with Crippen LogP contribution < -0.4 is 4.13 Å². The average Bonchev–Trinajstić information content (AvgIpc) is 2.62. The van der Waals surface area contributed by atoms with Crippen LogP contribution in [0, 0.1) is 5.92 Å². The minimum Gasteiger partial charge on any atom is -0.303 e. The van der Waals surface area contributed by atoms with E-state index in [1.54, 1.807) is 0 Å². The average molecular weight is 521 g/mol. The molecular formula is C18H34F6N2O4S2. The topological polar surface area (TPSA) is 83.6 Å². The number of unbranched alkanes of at least 4 members (excludes halogenated alkanes) is 7. The Hall–Kier alpha value is -0.600. The molecule has 1 heterocycles. The monoisotopic (exact) mass is 520 g/mol. The minimum absolute atomic E-state index is 0.493. The largest absolute Gasteiger partial charge is 0.512 e. The van der Waals surface area contributed by atoms with Crippen LogP contribution in [-0.4, -0.2) is 52.4 Å². The van der Waals surface area contributed by atoms with E-state index in [1.807, 2.05) is 0 Å². The second-order valence-electron chi connectivity index (χ2n) is 8.00. The van der Waals surface area contributed by atoms with Crippen LogP contribution in [0.5, 0.6) is 0 Å². The molecule has 0 aromatic carbocycles. The van der Waals surface area contributed by atoms with Gasteiger partial charge in [-0.1, -0.05) is 62.9 Å². The molecule has 1 fully saturated rings. The van der Waals surface area contributed by atoms with Gasteiger partial charge >= 0.3 is 31.1 Å². The van der Waals surface area contributed by atoms with Crippen LogP contribution in [0.3, 0.4) is 0 Å². The third-order valence-corrected chi connectivity index (χ3v) is 7.87. The van der Waals surface area contributed by atoms with Crippen molar-refractivity contribution >= 4 is 20.0 Å². The number of hydrogen-bond donors (Lipinski definition) is 1. The molecule has 1 aliphatic heterocycles. The van der Waals surface area contributed by atoms with Gasteiger partial charge in [-0.3, -0.25) is 0 Å². The van der Waals surface area contributed by atoms with E-state index in [-0.39, 0.29) is 0 Å². The van der Waals surface area contributed by atoms with Gasteiger partial charge in [0.15, 0.2) is 0 Å². The van der Waals surface area contributed by atoms with E-state index < -0.39 is 35.2 Å². The van der Waals surface area contributed by atoms with Gasteiger partial charge in [0.05, 0.1) is 0 Å². The summed E-state index contributed by atoms with van der Waals surface area (Å²) in [5, 5.41) is 0. The van der Waals surface area contributed by atoms with Gasteiger partial charge in [-0.2, -0.15) is 26.3 Å². The number of likely N-dealkylation sites (tertiary alicyclic amines) is 1. The highest BCUT2D eigenvalue weighted by atomic mass is 32.3. The number of nitrogens with one attached hydrogen (secondary N) is 1. The van der Waals surface area contributed by atoms with Gasteiger partial charge in [-0.05, 0) is 38.3 Å². The van der Waals surface area contributed by atoms with Gasteiger partial charge in [0.1, 0.15) is 0 Å². The summed E-state index contributed by atoms with van der Waals surface area (Å²) >= 11 is 0. The fourth-order valence-corrected chi connectivity index (χ4v) is 5.11. The third-order valence-electron chi connectivity index (χ3n) is 4.90. The molecule has 1 atom stereocenters. The summed E-state index contributed by atoms with van der Waals surface area (Å²) in [5.41, 5.74) is -12.3. The van der Waals surface area contributed by atoms with Gasteiger partial charge in [0.2, 0.25) is 0 Å². The van der Waals surface area contributed by atoms with Crippen molar-refractivity contribution in [1.29, 1.82) is 0 Å². The van der Waals surface area contributed by atoms with E-state index in [9.17, 15) is 43.2 Å². The van der Waals surface area contributed by atoms with Crippen molar-refractivity contribution < 1.29 is 43.2 Å². The Kier molecular flexibility index (Phi) is 13.7. The molecule has 194 valence electrons. The fraction of sp³-hybridized carbons (Fsp3) is 1.00. The van der Waals surface area contributed by atoms with E-state index in [1.165, 1.54) is 83.8 Å². The van der Waals surface area contributed by atoms with Crippen molar-refractivity contribution in [2.24, 2.45) is 5.92 Å². The Morgan fingerprint density at radius 1 is 0.812 bits per heavy atom. The van der Waals surface area contributed by atoms with E-state index in [4.69, 9.17) is 0 Å². The van der Waals surface area contributed by atoms with Gasteiger partial charge in [-0.25, -0.2) is 16.8 Å². The summed E-state index contributed by atoms with van der Waals surface area (Å²) in [6, 6.07) is 0. The van der Waals surface area contributed by atoms with Gasteiger partial charge in [-0.15, -0.1) is 0 Å². The lowest BCUT2D eigenvalue weighted by Gasteiger charge is -2.30. The van der Waals surface area contributed by atoms with Gasteiger partial charge < -0.3 is 4.90 Å². The maximum Gasteiger partial charge on any atom is 0.512 e. The standard InChI is InChI=1S/C16H33N.C2HF6NO4S2/c1-3-4-5-6-7-8-9-10-13-17-14-11-12-16(2)15-17;3-1(4,5)14(10,11)9-15(12,13)2(6,7)8/h16H,3-15H2,1-2H3;9H. The van der Waals surface area contributed by atoms with Gasteiger partial charge in [0, 0.05) is 6.54 Å². The molecule has 1 aliphatic rings. The molecule has 1 rings (SSSR count). The number of halogens is 6. The molecular weight excluding hydrogens is 486 g/mol. The van der Waals surface area contributed by atoms with Gasteiger partial charge in [0.25, 0.3) is 0 Å². The summed E-state index contributed by atoms with van der Waals surface area (Å²) in [4.78, 5) is 2.69. The number of nitrogens with zero attached hydrogens (tertiary/aromatic N) is 1. The van der Waals surface area contributed by atoms with Crippen LogP contribution in [0.2, 0.25) is 0 Å². The first kappa shape index (κ1) is 31.4. The molecule has 14 heteroatoms. The molecule has 6 nitrogen and oxygen atoms in total. The van der Waals surface area contributed by atoms with Crippen molar-refractivity contribution in [2.75, 3.05) is 19.6 Å². The van der Waals surface area contributed by atoms with Crippen molar-refractivity contribution in [3.05, 3.63) is 0 Å². The molecule has 0 aliphatic carbocycles. The van der Waals surface area contributed by atoms with Crippen LogP contribution in [0.1, 0.15) is 78.1 Å². The Morgan fingerprint density at radius 2 is 1.25 bits per heavy atom. The first-order valence-corrected chi connectivity index (χ1v) is 13.6. The first-order valence-electron chi connectivity index (χ1n) is 10.7. The molecule has 0 aromatic heterocycles. The zero-order valence-corrected chi connectivity index (χ0v) is 20.1. The van der Waals surface area contributed by atoms with E-state index in [0.717, 1.165) is 5.92 Å². The van der Waals surface area contributed by atoms with E-state index >= 15 is 0 Å². The van der Waals surface area contributed by atoms with Crippen LogP contribution in [0.4, 0.5) is 26.3 Å². The van der Waals surface area contributed by atoms with E-state index in [0.29, 0.717) is 0 Å². The number of sulfonamides is 2. The Bertz CT molecular complexity index is 683. The Morgan fingerprint density at radius 3 is 1.66 bits per heavy atom. The molecule has 0 spiro atoms. The number of rotatable bonds is 11. The number of piperidine rings is 1. The summed E-state index contributed by atoms with van der Waals surface area (Å²) < 4.78 is 108. The molecule has 1 saturated heterocycles. The first-order chi connectivity index (χ1) is 14.5. The third kappa shape index (κ3) is 12.6. The molecule has 0 radical (unpaired) electrons. The zero-order chi connectivity index (χ0) is 25.1. The van der Waals surface area contributed by atoms with Crippen molar-refractivity contribution in [2.45, 2.75) is 89.1 Å². The highest BCUT2D eigenvalue weighted by Crippen LogP contribution is 2.27. The summed E-state index contributed by atoms with van der Waals surface area (Å²) in [7, 11) is -13.2. The molecule has 0 bridgehead atoms. The van der Waals surface area contributed by atoms with Crippen molar-refractivity contribution in [3.8, 4) is 0 Å². The minimum atomic E-state index is -6.60. The molecule has 0 aromatic rings. The summed E-state index contributed by atoms with van der Waals surface area (Å²) in [5.74, 6) is 0.942.